The minimum atomic E-state index is -0.235. The third-order valence-electron chi connectivity index (χ3n) is 4.72. The van der Waals surface area contributed by atoms with Crippen LogP contribution >= 0.6 is 11.3 Å². The van der Waals surface area contributed by atoms with Gasteiger partial charge in [0.05, 0.1) is 12.0 Å². The van der Waals surface area contributed by atoms with Crippen LogP contribution < -0.4 is 4.90 Å². The van der Waals surface area contributed by atoms with Gasteiger partial charge in [0, 0.05) is 37.1 Å². The first-order valence-electron chi connectivity index (χ1n) is 9.15. The highest BCUT2D eigenvalue weighted by atomic mass is 32.1. The molecular formula is C20H22N4O2S. The van der Waals surface area contributed by atoms with Gasteiger partial charge in [0.1, 0.15) is 16.5 Å². The van der Waals surface area contributed by atoms with E-state index in [2.05, 4.69) is 27.4 Å². The van der Waals surface area contributed by atoms with Gasteiger partial charge < -0.3 is 14.5 Å². The highest BCUT2D eigenvalue weighted by Crippen LogP contribution is 2.38. The van der Waals surface area contributed by atoms with Crippen LogP contribution in [0.1, 0.15) is 12.7 Å². The Labute approximate surface area is 162 Å². The third-order valence-corrected chi connectivity index (χ3v) is 5.59. The van der Waals surface area contributed by atoms with Crippen molar-refractivity contribution in [3.05, 3.63) is 41.5 Å². The fourth-order valence-electron chi connectivity index (χ4n) is 3.40. The molecule has 0 aliphatic carbocycles. The lowest BCUT2D eigenvalue weighted by molar-refractivity contribution is 0.105. The number of aromatic nitrogens is 2. The molecule has 0 N–H and O–H groups in total. The smallest absolute Gasteiger partial charge is 0.409 e. The summed E-state index contributed by atoms with van der Waals surface area (Å²) in [5.41, 5.74) is 2.33. The zero-order valence-electron chi connectivity index (χ0n) is 15.5. The number of rotatable bonds is 3. The van der Waals surface area contributed by atoms with Crippen LogP contribution in [0.2, 0.25) is 0 Å². The zero-order valence-corrected chi connectivity index (χ0v) is 16.3. The molecule has 4 rings (SSSR count). The van der Waals surface area contributed by atoms with Gasteiger partial charge >= 0.3 is 6.09 Å². The van der Waals surface area contributed by atoms with Gasteiger partial charge in [0.15, 0.2) is 0 Å². The lowest BCUT2D eigenvalue weighted by Crippen LogP contribution is -2.49. The van der Waals surface area contributed by atoms with E-state index >= 15 is 0 Å². The molecule has 2 aromatic heterocycles. The summed E-state index contributed by atoms with van der Waals surface area (Å²) in [4.78, 5) is 26.4. The van der Waals surface area contributed by atoms with Crippen LogP contribution in [-0.4, -0.2) is 53.7 Å². The van der Waals surface area contributed by atoms with Crippen LogP contribution in [0.15, 0.2) is 35.7 Å². The van der Waals surface area contributed by atoms with E-state index in [0.717, 1.165) is 34.9 Å². The SMILES string of the molecule is CCOC(=O)N1CCN(c2nc(C)nc3scc(-c4ccccc4)c23)CC1. The Kier molecular flexibility index (Phi) is 4.94. The number of nitrogens with zero attached hydrogens (tertiary/aromatic N) is 4. The first-order chi connectivity index (χ1) is 13.2. The zero-order chi connectivity index (χ0) is 18.8. The van der Waals surface area contributed by atoms with Gasteiger partial charge in [-0.05, 0) is 19.4 Å². The van der Waals surface area contributed by atoms with Crippen molar-refractivity contribution >= 4 is 33.5 Å². The molecule has 6 nitrogen and oxygen atoms in total. The highest BCUT2D eigenvalue weighted by Gasteiger charge is 2.25. The van der Waals surface area contributed by atoms with E-state index in [1.807, 2.05) is 32.0 Å². The molecule has 140 valence electrons. The summed E-state index contributed by atoms with van der Waals surface area (Å²) in [7, 11) is 0. The Morgan fingerprint density at radius 3 is 2.59 bits per heavy atom. The van der Waals surface area contributed by atoms with E-state index in [9.17, 15) is 4.79 Å². The number of fused-ring (bicyclic) bond motifs is 1. The first-order valence-corrected chi connectivity index (χ1v) is 10.0. The van der Waals surface area contributed by atoms with E-state index in [4.69, 9.17) is 9.72 Å². The van der Waals surface area contributed by atoms with E-state index in [1.54, 1.807) is 16.2 Å². The Hall–Kier alpha value is -2.67. The van der Waals surface area contributed by atoms with Crippen molar-refractivity contribution < 1.29 is 9.53 Å². The summed E-state index contributed by atoms with van der Waals surface area (Å²) in [6, 6.07) is 10.3. The third kappa shape index (κ3) is 3.47. The minimum absolute atomic E-state index is 0.235. The monoisotopic (exact) mass is 382 g/mol. The number of hydrogen-bond acceptors (Lipinski definition) is 6. The van der Waals surface area contributed by atoms with Crippen molar-refractivity contribution in [3.8, 4) is 11.1 Å². The quantitative estimate of drug-likeness (QED) is 0.687. The molecule has 0 atom stereocenters. The number of piperazine rings is 1. The summed E-state index contributed by atoms with van der Waals surface area (Å²) >= 11 is 1.65. The maximum atomic E-state index is 12.0. The average Bonchev–Trinajstić information content (AvgIpc) is 3.12. The summed E-state index contributed by atoms with van der Waals surface area (Å²) in [6.07, 6.45) is -0.235. The van der Waals surface area contributed by atoms with E-state index in [-0.39, 0.29) is 6.09 Å². The lowest BCUT2D eigenvalue weighted by atomic mass is 10.1. The predicted molar refractivity (Wildman–Crippen MR) is 108 cm³/mol. The normalized spacial score (nSPS) is 14.6. The van der Waals surface area contributed by atoms with E-state index < -0.39 is 0 Å². The van der Waals surface area contributed by atoms with Crippen LogP contribution in [0.5, 0.6) is 0 Å². The topological polar surface area (TPSA) is 58.6 Å². The van der Waals surface area contributed by atoms with E-state index in [1.165, 1.54) is 11.1 Å². The Morgan fingerprint density at radius 1 is 1.15 bits per heavy atom. The minimum Gasteiger partial charge on any atom is -0.450 e. The standard InChI is InChI=1S/C20H22N4O2S/c1-3-26-20(25)24-11-9-23(10-12-24)18-17-16(15-7-5-4-6-8-15)13-27-19(17)22-14(2)21-18/h4-8,13H,3,9-12H2,1-2H3. The van der Waals surface area contributed by atoms with Crippen molar-refractivity contribution in [2.45, 2.75) is 13.8 Å². The number of carbonyl (C=O) groups is 1. The number of hydrogen-bond donors (Lipinski definition) is 0. The summed E-state index contributed by atoms with van der Waals surface area (Å²) in [5.74, 6) is 1.73. The van der Waals surface area contributed by atoms with Crippen LogP contribution in [-0.2, 0) is 4.74 Å². The van der Waals surface area contributed by atoms with Gasteiger partial charge in [-0.2, -0.15) is 0 Å². The second-order valence-corrected chi connectivity index (χ2v) is 7.32. The van der Waals surface area contributed by atoms with Crippen LogP contribution in [0.4, 0.5) is 10.6 Å². The molecule has 7 heteroatoms. The maximum Gasteiger partial charge on any atom is 0.409 e. The first kappa shape index (κ1) is 17.7. The molecule has 1 fully saturated rings. The van der Waals surface area contributed by atoms with Crippen LogP contribution in [0.25, 0.3) is 21.3 Å². The fourth-order valence-corrected chi connectivity index (χ4v) is 4.39. The molecule has 27 heavy (non-hydrogen) atoms. The molecule has 0 unspecified atom stereocenters. The molecule has 0 bridgehead atoms. The predicted octanol–water partition coefficient (Wildman–Crippen LogP) is 3.95. The van der Waals surface area contributed by atoms with E-state index in [0.29, 0.717) is 19.7 Å². The molecule has 3 aromatic rings. The molecular weight excluding hydrogens is 360 g/mol. The van der Waals surface area contributed by atoms with Crippen LogP contribution in [0.3, 0.4) is 0 Å². The van der Waals surface area contributed by atoms with Gasteiger partial charge in [-0.1, -0.05) is 30.3 Å². The van der Waals surface area contributed by atoms with Gasteiger partial charge in [0.25, 0.3) is 0 Å². The highest BCUT2D eigenvalue weighted by molar-refractivity contribution is 7.17. The van der Waals surface area contributed by atoms with Gasteiger partial charge in [0.2, 0.25) is 0 Å². The molecule has 3 heterocycles. The Balaban J connectivity index is 1.68. The number of carbonyl (C=O) groups excluding carboxylic acids is 1. The Bertz CT molecular complexity index is 949. The number of benzene rings is 1. The number of ether oxygens (including phenoxy) is 1. The molecule has 1 amide bonds. The second-order valence-electron chi connectivity index (χ2n) is 6.46. The largest absolute Gasteiger partial charge is 0.450 e. The number of amides is 1. The summed E-state index contributed by atoms with van der Waals surface area (Å²) in [5, 5.41) is 3.26. The van der Waals surface area contributed by atoms with Crippen molar-refractivity contribution in [2.24, 2.45) is 0 Å². The Morgan fingerprint density at radius 2 is 1.89 bits per heavy atom. The van der Waals surface area contributed by atoms with Crippen molar-refractivity contribution in [2.75, 3.05) is 37.7 Å². The number of aryl methyl sites for hydroxylation is 1. The molecule has 0 spiro atoms. The summed E-state index contributed by atoms with van der Waals surface area (Å²) in [6.45, 7) is 6.89. The molecule has 0 saturated carbocycles. The number of thiophene rings is 1. The average molecular weight is 382 g/mol. The van der Waals surface area contributed by atoms with Crippen LogP contribution in [0, 0.1) is 6.92 Å². The van der Waals surface area contributed by atoms with Crippen molar-refractivity contribution in [3.63, 3.8) is 0 Å². The molecule has 1 saturated heterocycles. The van der Waals surface area contributed by atoms with Gasteiger partial charge in [-0.15, -0.1) is 11.3 Å². The lowest BCUT2D eigenvalue weighted by Gasteiger charge is -2.35. The summed E-state index contributed by atoms with van der Waals surface area (Å²) < 4.78 is 5.12. The second kappa shape index (κ2) is 7.52. The van der Waals surface area contributed by atoms with Crippen molar-refractivity contribution in [1.82, 2.24) is 14.9 Å². The maximum absolute atomic E-state index is 12.0. The fraction of sp³-hybridized carbons (Fsp3) is 0.350. The molecule has 0 radical (unpaired) electrons. The van der Waals surface area contributed by atoms with Crippen molar-refractivity contribution in [1.29, 1.82) is 0 Å². The number of anilines is 1. The molecule has 1 aliphatic rings. The molecule has 1 aromatic carbocycles. The van der Waals surface area contributed by atoms with Gasteiger partial charge in [-0.3, -0.25) is 0 Å². The van der Waals surface area contributed by atoms with Gasteiger partial charge in [-0.25, -0.2) is 14.8 Å². The molecule has 1 aliphatic heterocycles.